The average Bonchev–Trinajstić information content (AvgIpc) is 3.09. The predicted octanol–water partition coefficient (Wildman–Crippen LogP) is 3.64. The first kappa shape index (κ1) is 18.5. The van der Waals surface area contributed by atoms with Crippen molar-refractivity contribution in [3.63, 3.8) is 0 Å². The maximum Gasteiger partial charge on any atom is 0.223 e. The van der Waals surface area contributed by atoms with Crippen LogP contribution in [0.3, 0.4) is 0 Å². The zero-order chi connectivity index (χ0) is 15.9. The van der Waals surface area contributed by atoms with Crippen LogP contribution >= 0.6 is 12.4 Å². The Kier molecular flexibility index (Phi) is 7.29. The van der Waals surface area contributed by atoms with Gasteiger partial charge in [0.05, 0.1) is 0 Å². The normalized spacial score (nSPS) is 16.4. The number of hydrogen-bond acceptors (Lipinski definition) is 2. The summed E-state index contributed by atoms with van der Waals surface area (Å²) in [6, 6.07) is 20.5. The fourth-order valence-corrected chi connectivity index (χ4v) is 3.10. The molecule has 3 nitrogen and oxygen atoms in total. The lowest BCUT2D eigenvalue weighted by Gasteiger charge is -2.24. The molecule has 1 unspecified atom stereocenters. The van der Waals surface area contributed by atoms with Gasteiger partial charge in [0, 0.05) is 19.5 Å². The van der Waals surface area contributed by atoms with Gasteiger partial charge in [-0.05, 0) is 36.6 Å². The molecule has 1 heterocycles. The van der Waals surface area contributed by atoms with Crippen molar-refractivity contribution in [2.24, 2.45) is 5.92 Å². The summed E-state index contributed by atoms with van der Waals surface area (Å²) >= 11 is 0. The number of carbonyl (C=O) groups excluding carboxylic acids is 1. The van der Waals surface area contributed by atoms with Crippen molar-refractivity contribution in [1.29, 1.82) is 0 Å². The molecule has 0 radical (unpaired) electrons. The molecule has 1 N–H and O–H groups in total. The van der Waals surface area contributed by atoms with E-state index < -0.39 is 0 Å². The van der Waals surface area contributed by atoms with E-state index in [0.29, 0.717) is 25.4 Å². The maximum atomic E-state index is 12.8. The van der Waals surface area contributed by atoms with Gasteiger partial charge in [-0.1, -0.05) is 60.7 Å². The SMILES string of the molecule is Cl.O=C(CC1CCNC1)N(Cc1ccccc1)Cc1ccccc1. The summed E-state index contributed by atoms with van der Waals surface area (Å²) in [6.07, 6.45) is 1.75. The fraction of sp³-hybridized carbons (Fsp3) is 0.350. The lowest BCUT2D eigenvalue weighted by Crippen LogP contribution is -2.31. The molecule has 2 aromatic rings. The van der Waals surface area contributed by atoms with E-state index in [9.17, 15) is 4.79 Å². The van der Waals surface area contributed by atoms with Crippen LogP contribution in [0.1, 0.15) is 24.0 Å². The first-order valence-electron chi connectivity index (χ1n) is 8.37. The molecule has 0 aromatic heterocycles. The van der Waals surface area contributed by atoms with Crippen LogP contribution in [0.5, 0.6) is 0 Å². The molecule has 1 atom stereocenters. The van der Waals surface area contributed by atoms with Crippen molar-refractivity contribution in [3.8, 4) is 0 Å². The molecule has 0 spiro atoms. The quantitative estimate of drug-likeness (QED) is 0.867. The highest BCUT2D eigenvalue weighted by Crippen LogP contribution is 2.17. The summed E-state index contributed by atoms with van der Waals surface area (Å²) in [6.45, 7) is 3.36. The third kappa shape index (κ3) is 5.36. The molecular formula is C20H25ClN2O. The zero-order valence-corrected chi connectivity index (χ0v) is 14.7. The van der Waals surface area contributed by atoms with Crippen molar-refractivity contribution >= 4 is 18.3 Å². The van der Waals surface area contributed by atoms with Crippen LogP contribution in [0.2, 0.25) is 0 Å². The Hall–Kier alpha value is -1.84. The summed E-state index contributed by atoms with van der Waals surface area (Å²) < 4.78 is 0. The van der Waals surface area contributed by atoms with E-state index >= 15 is 0 Å². The standard InChI is InChI=1S/C20H24N2O.ClH/c23-20(13-19-11-12-21-14-19)22(15-17-7-3-1-4-8-17)16-18-9-5-2-6-10-18;/h1-10,19,21H,11-16H2;1H. The summed E-state index contributed by atoms with van der Waals surface area (Å²) in [5, 5.41) is 3.35. The molecule has 1 fully saturated rings. The topological polar surface area (TPSA) is 32.3 Å². The molecule has 4 heteroatoms. The minimum atomic E-state index is 0. The van der Waals surface area contributed by atoms with E-state index in [4.69, 9.17) is 0 Å². The largest absolute Gasteiger partial charge is 0.334 e. The number of amides is 1. The highest BCUT2D eigenvalue weighted by atomic mass is 35.5. The fourth-order valence-electron chi connectivity index (χ4n) is 3.10. The summed E-state index contributed by atoms with van der Waals surface area (Å²) in [4.78, 5) is 14.8. The number of nitrogens with zero attached hydrogens (tertiary/aromatic N) is 1. The van der Waals surface area contributed by atoms with E-state index in [2.05, 4.69) is 29.6 Å². The van der Waals surface area contributed by atoms with Gasteiger partial charge < -0.3 is 10.2 Å². The average molecular weight is 345 g/mol. The van der Waals surface area contributed by atoms with Crippen molar-refractivity contribution in [2.75, 3.05) is 13.1 Å². The number of rotatable bonds is 6. The Balaban J connectivity index is 0.00000208. The molecule has 1 aliphatic rings. The van der Waals surface area contributed by atoms with Gasteiger partial charge in [-0.15, -0.1) is 12.4 Å². The summed E-state index contributed by atoms with van der Waals surface area (Å²) in [5.41, 5.74) is 2.36. The van der Waals surface area contributed by atoms with Crippen LogP contribution in [0.25, 0.3) is 0 Å². The van der Waals surface area contributed by atoms with Crippen LogP contribution < -0.4 is 5.32 Å². The van der Waals surface area contributed by atoms with E-state index in [1.54, 1.807) is 0 Å². The van der Waals surface area contributed by atoms with E-state index in [1.807, 2.05) is 41.3 Å². The lowest BCUT2D eigenvalue weighted by molar-refractivity contribution is -0.133. The summed E-state index contributed by atoms with van der Waals surface area (Å²) in [7, 11) is 0. The van der Waals surface area contributed by atoms with Gasteiger partial charge >= 0.3 is 0 Å². The molecule has 2 aromatic carbocycles. The Bertz CT molecular complexity index is 571. The number of carbonyl (C=O) groups is 1. The highest BCUT2D eigenvalue weighted by Gasteiger charge is 2.22. The monoisotopic (exact) mass is 344 g/mol. The molecule has 1 aliphatic heterocycles. The number of benzene rings is 2. The van der Waals surface area contributed by atoms with Crippen molar-refractivity contribution < 1.29 is 4.79 Å². The van der Waals surface area contributed by atoms with Gasteiger partial charge in [-0.3, -0.25) is 4.79 Å². The van der Waals surface area contributed by atoms with E-state index in [-0.39, 0.29) is 18.3 Å². The molecule has 24 heavy (non-hydrogen) atoms. The lowest BCUT2D eigenvalue weighted by atomic mass is 10.0. The highest BCUT2D eigenvalue weighted by molar-refractivity contribution is 5.85. The molecule has 3 rings (SSSR count). The molecule has 1 saturated heterocycles. The van der Waals surface area contributed by atoms with Crippen LogP contribution in [0.4, 0.5) is 0 Å². The number of halogens is 1. The second-order valence-electron chi connectivity index (χ2n) is 6.28. The first-order valence-corrected chi connectivity index (χ1v) is 8.37. The van der Waals surface area contributed by atoms with Gasteiger partial charge in [0.1, 0.15) is 0 Å². The molecule has 0 bridgehead atoms. The van der Waals surface area contributed by atoms with Gasteiger partial charge in [0.2, 0.25) is 5.91 Å². The molecule has 1 amide bonds. The number of nitrogens with one attached hydrogen (secondary N) is 1. The van der Waals surface area contributed by atoms with Crippen molar-refractivity contribution in [2.45, 2.75) is 25.9 Å². The maximum absolute atomic E-state index is 12.8. The second-order valence-corrected chi connectivity index (χ2v) is 6.28. The van der Waals surface area contributed by atoms with Crippen molar-refractivity contribution in [3.05, 3.63) is 71.8 Å². The van der Waals surface area contributed by atoms with Gasteiger partial charge in [0.25, 0.3) is 0 Å². The van der Waals surface area contributed by atoms with Crippen LogP contribution in [0, 0.1) is 5.92 Å². The van der Waals surface area contributed by atoms with E-state index in [0.717, 1.165) is 19.5 Å². The third-order valence-electron chi connectivity index (χ3n) is 4.41. The van der Waals surface area contributed by atoms with Gasteiger partial charge in [0.15, 0.2) is 0 Å². The Morgan fingerprint density at radius 1 is 0.958 bits per heavy atom. The first-order chi connectivity index (χ1) is 11.3. The second kappa shape index (κ2) is 9.45. The Labute approximate surface area is 150 Å². The van der Waals surface area contributed by atoms with Crippen molar-refractivity contribution in [1.82, 2.24) is 10.2 Å². The summed E-state index contributed by atoms with van der Waals surface area (Å²) in [5.74, 6) is 0.739. The van der Waals surface area contributed by atoms with Gasteiger partial charge in [-0.25, -0.2) is 0 Å². The Morgan fingerprint density at radius 2 is 1.50 bits per heavy atom. The van der Waals surface area contributed by atoms with E-state index in [1.165, 1.54) is 11.1 Å². The molecule has 0 aliphatic carbocycles. The minimum Gasteiger partial charge on any atom is -0.334 e. The van der Waals surface area contributed by atoms with Crippen LogP contribution in [-0.2, 0) is 17.9 Å². The molecule has 0 saturated carbocycles. The zero-order valence-electron chi connectivity index (χ0n) is 13.9. The third-order valence-corrected chi connectivity index (χ3v) is 4.41. The van der Waals surface area contributed by atoms with Crippen LogP contribution in [-0.4, -0.2) is 23.9 Å². The Morgan fingerprint density at radius 3 is 1.96 bits per heavy atom. The minimum absolute atomic E-state index is 0. The molecular weight excluding hydrogens is 320 g/mol. The van der Waals surface area contributed by atoms with Crippen LogP contribution in [0.15, 0.2) is 60.7 Å². The molecule has 128 valence electrons. The van der Waals surface area contributed by atoms with Gasteiger partial charge in [-0.2, -0.15) is 0 Å². The predicted molar refractivity (Wildman–Crippen MR) is 100.0 cm³/mol. The number of hydrogen-bond donors (Lipinski definition) is 1. The smallest absolute Gasteiger partial charge is 0.223 e.